The van der Waals surface area contributed by atoms with Gasteiger partial charge in [0, 0.05) is 0 Å². The third-order valence-corrected chi connectivity index (χ3v) is 2.78. The van der Waals surface area contributed by atoms with E-state index < -0.39 is 0 Å². The normalized spacial score (nSPS) is 13.8. The number of aliphatic hydroxyl groups is 1. The minimum Gasteiger partial charge on any atom is -0.393 e. The lowest BCUT2D eigenvalue weighted by atomic mass is 9.95. The van der Waals surface area contributed by atoms with E-state index in [1.807, 2.05) is 6.92 Å². The van der Waals surface area contributed by atoms with E-state index in [9.17, 15) is 5.11 Å². The largest absolute Gasteiger partial charge is 0.393 e. The SMILES string of the molecule is CCC(O)CCCC(CC)CC. The Balaban J connectivity index is 3.28. The zero-order valence-corrected chi connectivity index (χ0v) is 8.84. The van der Waals surface area contributed by atoms with E-state index in [1.54, 1.807) is 0 Å². The van der Waals surface area contributed by atoms with Crippen molar-refractivity contribution in [2.45, 2.75) is 65.4 Å². The Kier molecular flexibility index (Phi) is 7.58. The van der Waals surface area contributed by atoms with Crippen molar-refractivity contribution in [1.29, 1.82) is 0 Å². The monoisotopic (exact) mass is 172 g/mol. The van der Waals surface area contributed by atoms with Crippen molar-refractivity contribution in [2.75, 3.05) is 0 Å². The second kappa shape index (κ2) is 7.60. The quantitative estimate of drug-likeness (QED) is 0.624. The minimum absolute atomic E-state index is 0.0561. The van der Waals surface area contributed by atoms with E-state index in [0.717, 1.165) is 18.8 Å². The maximum atomic E-state index is 9.32. The van der Waals surface area contributed by atoms with Gasteiger partial charge in [-0.25, -0.2) is 0 Å². The number of rotatable bonds is 7. The molecule has 0 aliphatic carbocycles. The second-order valence-electron chi connectivity index (χ2n) is 3.68. The molecule has 0 heterocycles. The molecule has 0 radical (unpaired) electrons. The predicted molar refractivity (Wildman–Crippen MR) is 54.2 cm³/mol. The van der Waals surface area contributed by atoms with E-state index in [-0.39, 0.29) is 6.10 Å². The first-order valence-corrected chi connectivity index (χ1v) is 5.42. The van der Waals surface area contributed by atoms with Crippen LogP contribution in [0.5, 0.6) is 0 Å². The predicted octanol–water partition coefficient (Wildman–Crippen LogP) is 3.36. The third-order valence-electron chi connectivity index (χ3n) is 2.78. The highest BCUT2D eigenvalue weighted by atomic mass is 16.3. The summed E-state index contributed by atoms with van der Waals surface area (Å²) in [5.74, 6) is 0.883. The van der Waals surface area contributed by atoms with E-state index in [1.165, 1.54) is 25.7 Å². The fraction of sp³-hybridized carbons (Fsp3) is 1.00. The van der Waals surface area contributed by atoms with Crippen molar-refractivity contribution in [2.24, 2.45) is 5.92 Å². The molecule has 0 rings (SSSR count). The fourth-order valence-corrected chi connectivity index (χ4v) is 1.54. The molecule has 1 nitrogen and oxygen atoms in total. The molecule has 1 atom stereocenters. The molecule has 0 aliphatic rings. The molecule has 0 bridgehead atoms. The lowest BCUT2D eigenvalue weighted by molar-refractivity contribution is 0.154. The van der Waals surface area contributed by atoms with Crippen LogP contribution in [0.1, 0.15) is 59.3 Å². The molecule has 0 fully saturated rings. The van der Waals surface area contributed by atoms with E-state index in [2.05, 4.69) is 13.8 Å². The molecule has 0 aromatic rings. The first-order chi connectivity index (χ1) is 5.74. The molecule has 0 saturated carbocycles. The second-order valence-corrected chi connectivity index (χ2v) is 3.68. The summed E-state index contributed by atoms with van der Waals surface area (Å²) < 4.78 is 0. The van der Waals surface area contributed by atoms with Gasteiger partial charge in [0.2, 0.25) is 0 Å². The van der Waals surface area contributed by atoms with E-state index in [4.69, 9.17) is 0 Å². The zero-order chi connectivity index (χ0) is 9.40. The maximum absolute atomic E-state index is 9.32. The molecule has 74 valence electrons. The molecule has 12 heavy (non-hydrogen) atoms. The van der Waals surface area contributed by atoms with Gasteiger partial charge in [-0.1, -0.05) is 46.5 Å². The number of hydrogen-bond acceptors (Lipinski definition) is 1. The van der Waals surface area contributed by atoms with Crippen molar-refractivity contribution in [1.82, 2.24) is 0 Å². The van der Waals surface area contributed by atoms with Gasteiger partial charge >= 0.3 is 0 Å². The number of aliphatic hydroxyl groups excluding tert-OH is 1. The molecule has 1 N–H and O–H groups in total. The highest BCUT2D eigenvalue weighted by molar-refractivity contribution is 4.58. The van der Waals surface area contributed by atoms with Crippen LogP contribution in [-0.2, 0) is 0 Å². The molecule has 1 heteroatoms. The van der Waals surface area contributed by atoms with Crippen LogP contribution in [0.4, 0.5) is 0 Å². The van der Waals surface area contributed by atoms with Crippen LogP contribution in [0, 0.1) is 5.92 Å². The molecular weight excluding hydrogens is 148 g/mol. The third kappa shape index (κ3) is 5.59. The zero-order valence-electron chi connectivity index (χ0n) is 8.84. The lowest BCUT2D eigenvalue weighted by Gasteiger charge is -2.13. The van der Waals surface area contributed by atoms with Gasteiger partial charge in [0.1, 0.15) is 0 Å². The van der Waals surface area contributed by atoms with Crippen LogP contribution in [0.25, 0.3) is 0 Å². The van der Waals surface area contributed by atoms with Gasteiger partial charge in [0.15, 0.2) is 0 Å². The van der Waals surface area contributed by atoms with Gasteiger partial charge in [-0.2, -0.15) is 0 Å². The van der Waals surface area contributed by atoms with Crippen LogP contribution in [0.2, 0.25) is 0 Å². The van der Waals surface area contributed by atoms with Crippen LogP contribution < -0.4 is 0 Å². The first-order valence-electron chi connectivity index (χ1n) is 5.42. The Morgan fingerprint density at radius 2 is 1.50 bits per heavy atom. The molecule has 0 aromatic heterocycles. The molecule has 0 aliphatic heterocycles. The Morgan fingerprint density at radius 3 is 1.92 bits per heavy atom. The van der Waals surface area contributed by atoms with Crippen molar-refractivity contribution >= 4 is 0 Å². The van der Waals surface area contributed by atoms with E-state index >= 15 is 0 Å². The van der Waals surface area contributed by atoms with Crippen LogP contribution >= 0.6 is 0 Å². The number of hydrogen-bond donors (Lipinski definition) is 1. The highest BCUT2D eigenvalue weighted by Gasteiger charge is 2.05. The Morgan fingerprint density at radius 1 is 0.917 bits per heavy atom. The molecule has 0 saturated heterocycles. The molecular formula is C11H24O. The average molecular weight is 172 g/mol. The van der Waals surface area contributed by atoms with Crippen molar-refractivity contribution < 1.29 is 5.11 Å². The molecule has 0 aromatic carbocycles. The topological polar surface area (TPSA) is 20.2 Å². The molecule has 0 spiro atoms. The van der Waals surface area contributed by atoms with Crippen LogP contribution in [-0.4, -0.2) is 11.2 Å². The average Bonchev–Trinajstić information content (AvgIpc) is 2.12. The summed E-state index contributed by atoms with van der Waals surface area (Å²) in [5, 5.41) is 9.32. The minimum atomic E-state index is -0.0561. The van der Waals surface area contributed by atoms with E-state index in [0.29, 0.717) is 0 Å². The van der Waals surface area contributed by atoms with Crippen LogP contribution in [0.15, 0.2) is 0 Å². The summed E-state index contributed by atoms with van der Waals surface area (Å²) in [4.78, 5) is 0. The van der Waals surface area contributed by atoms with Gasteiger partial charge < -0.3 is 5.11 Å². The van der Waals surface area contributed by atoms with Gasteiger partial charge in [0.25, 0.3) is 0 Å². The van der Waals surface area contributed by atoms with Crippen molar-refractivity contribution in [3.05, 3.63) is 0 Å². The first kappa shape index (κ1) is 12.0. The van der Waals surface area contributed by atoms with Gasteiger partial charge in [-0.3, -0.25) is 0 Å². The van der Waals surface area contributed by atoms with Gasteiger partial charge in [0.05, 0.1) is 6.10 Å². The summed E-state index contributed by atoms with van der Waals surface area (Å²) >= 11 is 0. The van der Waals surface area contributed by atoms with Gasteiger partial charge in [-0.05, 0) is 18.8 Å². The van der Waals surface area contributed by atoms with Crippen LogP contribution in [0.3, 0.4) is 0 Å². The smallest absolute Gasteiger partial charge is 0.0537 e. The molecule has 1 unspecified atom stereocenters. The lowest BCUT2D eigenvalue weighted by Crippen LogP contribution is -2.05. The summed E-state index contributed by atoms with van der Waals surface area (Å²) in [6, 6.07) is 0. The Hall–Kier alpha value is -0.0400. The Bertz CT molecular complexity index is 87.0. The van der Waals surface area contributed by atoms with Crippen molar-refractivity contribution in [3.63, 3.8) is 0 Å². The van der Waals surface area contributed by atoms with Crippen molar-refractivity contribution in [3.8, 4) is 0 Å². The summed E-state index contributed by atoms with van der Waals surface area (Å²) in [7, 11) is 0. The fourth-order valence-electron chi connectivity index (χ4n) is 1.54. The summed E-state index contributed by atoms with van der Waals surface area (Å²) in [6.07, 6.45) is 6.91. The Labute approximate surface area is 77.2 Å². The maximum Gasteiger partial charge on any atom is 0.0537 e. The molecule has 0 amide bonds. The summed E-state index contributed by atoms with van der Waals surface area (Å²) in [5.41, 5.74) is 0. The summed E-state index contributed by atoms with van der Waals surface area (Å²) in [6.45, 7) is 6.55. The standard InChI is InChI=1S/C11H24O/c1-4-10(5-2)8-7-9-11(12)6-3/h10-12H,4-9H2,1-3H3. The highest BCUT2D eigenvalue weighted by Crippen LogP contribution is 2.17. The van der Waals surface area contributed by atoms with Gasteiger partial charge in [-0.15, -0.1) is 0 Å².